The second-order valence-corrected chi connectivity index (χ2v) is 3.90. The summed E-state index contributed by atoms with van der Waals surface area (Å²) < 4.78 is 4.91. The van der Waals surface area contributed by atoms with Crippen LogP contribution in [0.4, 0.5) is 5.69 Å². The molecule has 1 rings (SSSR count). The predicted molar refractivity (Wildman–Crippen MR) is 58.3 cm³/mol. The van der Waals surface area contributed by atoms with E-state index in [-0.39, 0.29) is 0 Å². The van der Waals surface area contributed by atoms with Gasteiger partial charge in [-0.05, 0) is 30.0 Å². The average molecular weight is 197 g/mol. The molecule has 13 heavy (non-hydrogen) atoms. The number of rotatable bonds is 5. The molecule has 0 heterocycles. The third-order valence-corrected chi connectivity index (χ3v) is 2.48. The Bertz CT molecular complexity index is 235. The van der Waals surface area contributed by atoms with Crippen molar-refractivity contribution < 1.29 is 4.74 Å². The Labute approximate surface area is 83.7 Å². The number of anilines is 1. The highest BCUT2D eigenvalue weighted by Gasteiger charge is 1.92. The van der Waals surface area contributed by atoms with Gasteiger partial charge in [-0.25, -0.2) is 0 Å². The van der Waals surface area contributed by atoms with Gasteiger partial charge in [-0.2, -0.15) is 0 Å². The van der Waals surface area contributed by atoms with E-state index in [4.69, 9.17) is 4.74 Å². The monoisotopic (exact) mass is 197 g/mol. The van der Waals surface area contributed by atoms with Crippen molar-refractivity contribution in [3.63, 3.8) is 0 Å². The zero-order valence-corrected chi connectivity index (χ0v) is 8.86. The molecule has 1 N–H and O–H groups in total. The lowest BCUT2D eigenvalue weighted by Gasteiger charge is -2.05. The number of hydrogen-bond donors (Lipinski definition) is 1. The summed E-state index contributed by atoms with van der Waals surface area (Å²) in [4.78, 5) is 1.31. The van der Waals surface area contributed by atoms with E-state index in [1.807, 2.05) is 11.8 Å². The molecule has 3 heteroatoms. The van der Waals surface area contributed by atoms with Crippen molar-refractivity contribution in [2.24, 2.45) is 0 Å². The van der Waals surface area contributed by atoms with E-state index in [0.29, 0.717) is 6.73 Å². The maximum absolute atomic E-state index is 4.91. The second kappa shape index (κ2) is 5.89. The Hall–Kier alpha value is -0.670. The highest BCUT2D eigenvalue weighted by molar-refractivity contribution is 7.99. The maximum Gasteiger partial charge on any atom is 0.116 e. The summed E-state index contributed by atoms with van der Waals surface area (Å²) in [6.07, 6.45) is 0. The summed E-state index contributed by atoms with van der Waals surface area (Å²) in [6.45, 7) is 2.71. The van der Waals surface area contributed by atoms with Crippen LogP contribution in [0.3, 0.4) is 0 Å². The predicted octanol–water partition coefficient (Wildman–Crippen LogP) is 2.81. The van der Waals surface area contributed by atoms with Gasteiger partial charge in [0, 0.05) is 17.7 Å². The normalized spacial score (nSPS) is 10.0. The highest BCUT2D eigenvalue weighted by atomic mass is 32.2. The molecule has 1 aromatic carbocycles. The van der Waals surface area contributed by atoms with E-state index in [9.17, 15) is 0 Å². The molecule has 0 atom stereocenters. The number of methoxy groups -OCH3 is 1. The minimum Gasteiger partial charge on any atom is -0.365 e. The molecule has 0 aromatic heterocycles. The summed E-state index contributed by atoms with van der Waals surface area (Å²) in [5.74, 6) is 1.12. The van der Waals surface area contributed by atoms with E-state index in [0.717, 1.165) is 11.4 Å². The van der Waals surface area contributed by atoms with Crippen LogP contribution < -0.4 is 5.32 Å². The lowest BCUT2D eigenvalue weighted by atomic mass is 10.3. The first-order chi connectivity index (χ1) is 6.36. The molecule has 0 amide bonds. The fraction of sp³-hybridized carbons (Fsp3) is 0.400. The molecule has 72 valence electrons. The summed E-state index contributed by atoms with van der Waals surface area (Å²) in [6, 6.07) is 8.37. The van der Waals surface area contributed by atoms with Crippen molar-refractivity contribution in [1.82, 2.24) is 0 Å². The third-order valence-electron chi connectivity index (χ3n) is 1.59. The smallest absolute Gasteiger partial charge is 0.116 e. The second-order valence-electron chi connectivity index (χ2n) is 2.57. The van der Waals surface area contributed by atoms with E-state index in [1.165, 1.54) is 4.90 Å². The summed E-state index contributed by atoms with van der Waals surface area (Å²) in [5, 5.41) is 3.13. The van der Waals surface area contributed by atoms with Crippen LogP contribution in [0.2, 0.25) is 0 Å². The first-order valence-electron chi connectivity index (χ1n) is 4.32. The summed E-state index contributed by atoms with van der Waals surface area (Å²) in [5.41, 5.74) is 1.10. The van der Waals surface area contributed by atoms with Gasteiger partial charge in [0.05, 0.1) is 0 Å². The molecular weight excluding hydrogens is 182 g/mol. The molecule has 0 aliphatic rings. The van der Waals surface area contributed by atoms with Gasteiger partial charge in [0.2, 0.25) is 0 Å². The van der Waals surface area contributed by atoms with Crippen LogP contribution in [0, 0.1) is 0 Å². The van der Waals surface area contributed by atoms with Crippen LogP contribution in [0.25, 0.3) is 0 Å². The third kappa shape index (κ3) is 3.70. The molecule has 2 nitrogen and oxygen atoms in total. The summed E-state index contributed by atoms with van der Waals surface area (Å²) >= 11 is 1.85. The highest BCUT2D eigenvalue weighted by Crippen LogP contribution is 2.19. The van der Waals surface area contributed by atoms with Gasteiger partial charge >= 0.3 is 0 Å². The first kappa shape index (κ1) is 10.4. The Morgan fingerprint density at radius 2 is 2.00 bits per heavy atom. The minimum atomic E-state index is 0.556. The molecule has 0 fully saturated rings. The van der Waals surface area contributed by atoms with Crippen LogP contribution in [0.1, 0.15) is 6.92 Å². The number of ether oxygens (including phenoxy) is 1. The molecule has 0 spiro atoms. The van der Waals surface area contributed by atoms with Gasteiger partial charge < -0.3 is 10.1 Å². The van der Waals surface area contributed by atoms with Gasteiger partial charge in [-0.15, -0.1) is 11.8 Å². The fourth-order valence-electron chi connectivity index (χ4n) is 0.991. The van der Waals surface area contributed by atoms with Crippen LogP contribution in [-0.4, -0.2) is 19.6 Å². The molecule has 0 unspecified atom stereocenters. The molecule has 0 bridgehead atoms. The van der Waals surface area contributed by atoms with Crippen molar-refractivity contribution in [3.8, 4) is 0 Å². The van der Waals surface area contributed by atoms with Gasteiger partial charge in [-0.3, -0.25) is 0 Å². The van der Waals surface area contributed by atoms with Crippen LogP contribution >= 0.6 is 11.8 Å². The summed E-state index contributed by atoms with van der Waals surface area (Å²) in [7, 11) is 1.67. The molecule has 1 aromatic rings. The largest absolute Gasteiger partial charge is 0.365 e. The van der Waals surface area contributed by atoms with E-state index < -0.39 is 0 Å². The lowest BCUT2D eigenvalue weighted by molar-refractivity contribution is 0.221. The van der Waals surface area contributed by atoms with Gasteiger partial charge in [0.1, 0.15) is 6.73 Å². The standard InChI is InChI=1S/C10H15NOS/c1-3-13-10-6-4-9(5-7-10)11-8-12-2/h4-7,11H,3,8H2,1-2H3. The van der Waals surface area contributed by atoms with Crippen molar-refractivity contribution in [1.29, 1.82) is 0 Å². The SMILES string of the molecule is CCSc1ccc(NCOC)cc1. The van der Waals surface area contributed by atoms with Gasteiger partial charge in [-0.1, -0.05) is 6.92 Å². The number of hydrogen-bond acceptors (Lipinski definition) is 3. The van der Waals surface area contributed by atoms with E-state index >= 15 is 0 Å². The van der Waals surface area contributed by atoms with Crippen molar-refractivity contribution in [2.75, 3.05) is 24.9 Å². The van der Waals surface area contributed by atoms with Gasteiger partial charge in [0.15, 0.2) is 0 Å². The number of benzene rings is 1. The fourth-order valence-corrected chi connectivity index (χ4v) is 1.65. The van der Waals surface area contributed by atoms with Crippen LogP contribution in [0.5, 0.6) is 0 Å². The molecule has 0 aliphatic carbocycles. The van der Waals surface area contributed by atoms with Crippen molar-refractivity contribution in [2.45, 2.75) is 11.8 Å². The van der Waals surface area contributed by atoms with Crippen molar-refractivity contribution >= 4 is 17.4 Å². The molecule has 0 saturated carbocycles. The van der Waals surface area contributed by atoms with Crippen LogP contribution in [0.15, 0.2) is 29.2 Å². The lowest BCUT2D eigenvalue weighted by Crippen LogP contribution is -2.02. The number of thioether (sulfide) groups is 1. The Morgan fingerprint density at radius 1 is 1.31 bits per heavy atom. The molecule has 0 radical (unpaired) electrons. The zero-order chi connectivity index (χ0) is 9.52. The Kier molecular flexibility index (Phi) is 4.72. The molecular formula is C10H15NOS. The Morgan fingerprint density at radius 3 is 2.54 bits per heavy atom. The molecule has 0 saturated heterocycles. The zero-order valence-electron chi connectivity index (χ0n) is 8.04. The maximum atomic E-state index is 4.91. The minimum absolute atomic E-state index is 0.556. The van der Waals surface area contributed by atoms with Crippen LogP contribution in [-0.2, 0) is 4.74 Å². The Balaban J connectivity index is 2.48. The topological polar surface area (TPSA) is 21.3 Å². The first-order valence-corrected chi connectivity index (χ1v) is 5.31. The van der Waals surface area contributed by atoms with E-state index in [1.54, 1.807) is 7.11 Å². The van der Waals surface area contributed by atoms with E-state index in [2.05, 4.69) is 36.5 Å². The van der Waals surface area contributed by atoms with Crippen molar-refractivity contribution in [3.05, 3.63) is 24.3 Å². The molecule has 0 aliphatic heterocycles. The average Bonchev–Trinajstić information content (AvgIpc) is 2.17. The number of nitrogens with one attached hydrogen (secondary N) is 1. The van der Waals surface area contributed by atoms with Gasteiger partial charge in [0.25, 0.3) is 0 Å². The quantitative estimate of drug-likeness (QED) is 0.579.